The van der Waals surface area contributed by atoms with E-state index in [1.807, 2.05) is 25.1 Å². The number of aliphatic imine (C=N–C) groups is 1. The molecule has 1 amide bonds. The van der Waals surface area contributed by atoms with Crippen molar-refractivity contribution < 1.29 is 14.3 Å². The third-order valence-electron chi connectivity index (χ3n) is 3.37. The zero-order valence-electron chi connectivity index (χ0n) is 14.9. The Hall–Kier alpha value is -2.44. The van der Waals surface area contributed by atoms with Gasteiger partial charge in [0.05, 0.1) is 20.8 Å². The van der Waals surface area contributed by atoms with Crippen LogP contribution in [-0.4, -0.2) is 52.8 Å². The maximum absolute atomic E-state index is 11.6. The molecule has 0 spiro atoms. The first kappa shape index (κ1) is 19.6. The molecule has 0 bridgehead atoms. The number of guanidine groups is 1. The summed E-state index contributed by atoms with van der Waals surface area (Å²) >= 11 is 0. The lowest BCUT2D eigenvalue weighted by atomic mass is 10.1. The normalized spacial score (nSPS) is 10.9. The van der Waals surface area contributed by atoms with Crippen molar-refractivity contribution in [3.8, 4) is 11.5 Å². The number of carbonyl (C=O) groups excluding carboxylic acids is 1. The van der Waals surface area contributed by atoms with Gasteiger partial charge in [-0.1, -0.05) is 13.0 Å². The Labute approximate surface area is 143 Å². The van der Waals surface area contributed by atoms with E-state index in [2.05, 4.69) is 20.9 Å². The number of methoxy groups -OCH3 is 2. The zero-order chi connectivity index (χ0) is 17.8. The molecular weight excluding hydrogens is 308 g/mol. The number of nitrogens with zero attached hydrogens (tertiary/aromatic N) is 1. The molecule has 0 aliphatic rings. The summed E-state index contributed by atoms with van der Waals surface area (Å²) in [6.45, 7) is 3.59. The molecule has 0 heterocycles. The van der Waals surface area contributed by atoms with Crippen LogP contribution >= 0.6 is 0 Å². The van der Waals surface area contributed by atoms with Crippen LogP contribution in [0.15, 0.2) is 23.2 Å². The standard InChI is InChI=1S/C17H28N4O3/c1-5-9-19-16(22)12-21-17(18-2)20-10-8-13-6-7-14(23-3)15(11-13)24-4/h6-7,11H,5,8-10,12H2,1-4H3,(H,19,22)(H2,18,20,21). The van der Waals surface area contributed by atoms with E-state index in [4.69, 9.17) is 9.47 Å². The van der Waals surface area contributed by atoms with Crippen molar-refractivity contribution in [1.82, 2.24) is 16.0 Å². The number of nitrogens with one attached hydrogen (secondary N) is 3. The highest BCUT2D eigenvalue weighted by molar-refractivity contribution is 5.86. The third kappa shape index (κ3) is 6.76. The molecule has 0 radical (unpaired) electrons. The van der Waals surface area contributed by atoms with Crippen LogP contribution in [0, 0.1) is 0 Å². The van der Waals surface area contributed by atoms with Crippen LogP contribution in [-0.2, 0) is 11.2 Å². The van der Waals surface area contributed by atoms with E-state index in [0.29, 0.717) is 30.5 Å². The van der Waals surface area contributed by atoms with Crippen molar-refractivity contribution in [2.45, 2.75) is 19.8 Å². The summed E-state index contributed by atoms with van der Waals surface area (Å²) in [6, 6.07) is 5.84. The lowest BCUT2D eigenvalue weighted by Gasteiger charge is -2.13. The molecule has 1 aromatic rings. The molecular formula is C17H28N4O3. The smallest absolute Gasteiger partial charge is 0.239 e. The quantitative estimate of drug-likeness (QED) is 0.462. The fourth-order valence-electron chi connectivity index (χ4n) is 2.07. The highest BCUT2D eigenvalue weighted by Gasteiger charge is 2.05. The first-order valence-corrected chi connectivity index (χ1v) is 8.06. The Morgan fingerprint density at radius 3 is 2.46 bits per heavy atom. The summed E-state index contributed by atoms with van der Waals surface area (Å²) in [5.74, 6) is 1.98. The summed E-state index contributed by atoms with van der Waals surface area (Å²) in [7, 11) is 4.91. The molecule has 0 fully saturated rings. The molecule has 0 unspecified atom stereocenters. The van der Waals surface area contributed by atoms with E-state index in [0.717, 1.165) is 18.4 Å². The lowest BCUT2D eigenvalue weighted by molar-refractivity contribution is -0.120. The molecule has 0 aliphatic heterocycles. The number of carbonyl (C=O) groups is 1. The molecule has 1 aromatic carbocycles. The van der Waals surface area contributed by atoms with Crippen molar-refractivity contribution in [2.24, 2.45) is 4.99 Å². The van der Waals surface area contributed by atoms with Gasteiger partial charge in [-0.15, -0.1) is 0 Å². The second-order valence-electron chi connectivity index (χ2n) is 5.14. The molecule has 0 saturated carbocycles. The fraction of sp³-hybridized carbons (Fsp3) is 0.529. The van der Waals surface area contributed by atoms with Crippen LogP contribution in [0.1, 0.15) is 18.9 Å². The molecule has 0 atom stereocenters. The van der Waals surface area contributed by atoms with Gasteiger partial charge in [-0.2, -0.15) is 0 Å². The Morgan fingerprint density at radius 1 is 1.08 bits per heavy atom. The summed E-state index contributed by atoms with van der Waals surface area (Å²) in [6.07, 6.45) is 1.72. The first-order valence-electron chi connectivity index (χ1n) is 8.06. The van der Waals surface area contributed by atoms with Gasteiger partial charge in [0.15, 0.2) is 17.5 Å². The highest BCUT2D eigenvalue weighted by atomic mass is 16.5. The maximum atomic E-state index is 11.6. The van der Waals surface area contributed by atoms with Crippen LogP contribution in [0.2, 0.25) is 0 Å². The van der Waals surface area contributed by atoms with E-state index in [1.165, 1.54) is 0 Å². The van der Waals surface area contributed by atoms with Gasteiger partial charge in [0.1, 0.15) is 0 Å². The van der Waals surface area contributed by atoms with Crippen molar-refractivity contribution >= 4 is 11.9 Å². The Balaban J connectivity index is 2.40. The van der Waals surface area contributed by atoms with Gasteiger partial charge >= 0.3 is 0 Å². The number of benzene rings is 1. The third-order valence-corrected chi connectivity index (χ3v) is 3.37. The molecule has 0 saturated heterocycles. The Bertz CT molecular complexity index is 547. The van der Waals surface area contributed by atoms with Gasteiger partial charge in [0.2, 0.25) is 5.91 Å². The summed E-state index contributed by atoms with van der Waals surface area (Å²) in [5, 5.41) is 8.98. The minimum Gasteiger partial charge on any atom is -0.493 e. The van der Waals surface area contributed by atoms with Crippen molar-refractivity contribution in [3.05, 3.63) is 23.8 Å². The van der Waals surface area contributed by atoms with Gasteiger partial charge in [0, 0.05) is 20.1 Å². The van der Waals surface area contributed by atoms with Gasteiger partial charge < -0.3 is 25.4 Å². The van der Waals surface area contributed by atoms with Crippen molar-refractivity contribution in [1.29, 1.82) is 0 Å². The Kier molecular flexibility index (Phi) is 9.11. The number of amides is 1. The van der Waals surface area contributed by atoms with Crippen LogP contribution in [0.4, 0.5) is 0 Å². The molecule has 7 heteroatoms. The predicted molar refractivity (Wildman–Crippen MR) is 95.9 cm³/mol. The van der Waals surface area contributed by atoms with Crippen LogP contribution in [0.3, 0.4) is 0 Å². The van der Waals surface area contributed by atoms with Gasteiger partial charge in [-0.05, 0) is 30.5 Å². The molecule has 7 nitrogen and oxygen atoms in total. The molecule has 0 aromatic heterocycles. The second kappa shape index (κ2) is 11.2. The van der Waals surface area contributed by atoms with Crippen molar-refractivity contribution in [3.63, 3.8) is 0 Å². The molecule has 24 heavy (non-hydrogen) atoms. The highest BCUT2D eigenvalue weighted by Crippen LogP contribution is 2.27. The zero-order valence-corrected chi connectivity index (χ0v) is 14.9. The number of hydrogen-bond acceptors (Lipinski definition) is 4. The second-order valence-corrected chi connectivity index (χ2v) is 5.14. The lowest BCUT2D eigenvalue weighted by Crippen LogP contribution is -2.43. The van der Waals surface area contributed by atoms with Crippen LogP contribution in [0.5, 0.6) is 11.5 Å². The van der Waals surface area contributed by atoms with Gasteiger partial charge in [-0.3, -0.25) is 9.79 Å². The average molecular weight is 336 g/mol. The monoisotopic (exact) mass is 336 g/mol. The fourth-order valence-corrected chi connectivity index (χ4v) is 2.07. The van der Waals surface area contributed by atoms with Gasteiger partial charge in [-0.25, -0.2) is 0 Å². The average Bonchev–Trinajstić information content (AvgIpc) is 2.62. The van der Waals surface area contributed by atoms with Crippen molar-refractivity contribution in [2.75, 3.05) is 40.9 Å². The number of rotatable bonds is 9. The largest absolute Gasteiger partial charge is 0.493 e. The summed E-state index contributed by atoms with van der Waals surface area (Å²) < 4.78 is 10.5. The van der Waals surface area contributed by atoms with E-state index < -0.39 is 0 Å². The number of ether oxygens (including phenoxy) is 2. The van der Waals surface area contributed by atoms with E-state index >= 15 is 0 Å². The topological polar surface area (TPSA) is 84.0 Å². The van der Waals surface area contributed by atoms with E-state index in [-0.39, 0.29) is 12.5 Å². The van der Waals surface area contributed by atoms with Gasteiger partial charge in [0.25, 0.3) is 0 Å². The Morgan fingerprint density at radius 2 is 1.83 bits per heavy atom. The van der Waals surface area contributed by atoms with Crippen LogP contribution in [0.25, 0.3) is 0 Å². The van der Waals surface area contributed by atoms with E-state index in [9.17, 15) is 4.79 Å². The van der Waals surface area contributed by atoms with Crippen LogP contribution < -0.4 is 25.4 Å². The molecule has 3 N–H and O–H groups in total. The SMILES string of the molecule is CCCNC(=O)CNC(=NC)NCCc1ccc(OC)c(OC)c1. The minimum absolute atomic E-state index is 0.0420. The molecule has 1 rings (SSSR count). The molecule has 0 aliphatic carbocycles. The first-order chi connectivity index (χ1) is 11.6. The number of hydrogen-bond donors (Lipinski definition) is 3. The minimum atomic E-state index is -0.0420. The molecule has 134 valence electrons. The summed E-state index contributed by atoms with van der Waals surface area (Å²) in [5.41, 5.74) is 1.12. The predicted octanol–water partition coefficient (Wildman–Crippen LogP) is 0.938. The summed E-state index contributed by atoms with van der Waals surface area (Å²) in [4.78, 5) is 15.7. The maximum Gasteiger partial charge on any atom is 0.239 e. The van der Waals surface area contributed by atoms with E-state index in [1.54, 1.807) is 21.3 Å².